The minimum Gasteiger partial charge on any atom is -0.481 e. The molecule has 2 heterocycles. The Morgan fingerprint density at radius 1 is 1.00 bits per heavy atom. The SMILES string of the molecule is O=C(O)Cc1cc(=O)n2nc(-c3ccccc3)c(-c3ccccc3)c2[nH]1. The fourth-order valence-corrected chi connectivity index (χ4v) is 3.03. The van der Waals surface area contributed by atoms with Gasteiger partial charge in [-0.3, -0.25) is 9.59 Å². The normalized spacial score (nSPS) is 10.9. The topological polar surface area (TPSA) is 87.5 Å². The predicted molar refractivity (Wildman–Crippen MR) is 98.0 cm³/mol. The van der Waals surface area contributed by atoms with Gasteiger partial charge in [0, 0.05) is 17.3 Å². The second kappa shape index (κ2) is 6.33. The lowest BCUT2D eigenvalue weighted by atomic mass is 10.0. The first-order valence-electron chi connectivity index (χ1n) is 8.11. The number of carboxylic acids is 1. The number of carboxylic acid groups (broad SMARTS) is 1. The largest absolute Gasteiger partial charge is 0.481 e. The zero-order valence-electron chi connectivity index (χ0n) is 13.7. The van der Waals surface area contributed by atoms with Crippen molar-refractivity contribution < 1.29 is 9.90 Å². The van der Waals surface area contributed by atoms with Gasteiger partial charge in [-0.1, -0.05) is 60.7 Å². The molecule has 0 saturated heterocycles. The van der Waals surface area contributed by atoms with Crippen molar-refractivity contribution >= 4 is 11.6 Å². The van der Waals surface area contributed by atoms with Gasteiger partial charge in [-0.15, -0.1) is 0 Å². The third kappa shape index (κ3) is 2.77. The molecule has 0 saturated carbocycles. The molecule has 0 radical (unpaired) electrons. The van der Waals surface area contributed by atoms with Gasteiger partial charge in [0.15, 0.2) is 0 Å². The second-order valence-corrected chi connectivity index (χ2v) is 5.92. The van der Waals surface area contributed by atoms with Gasteiger partial charge in [-0.05, 0) is 5.56 Å². The molecule has 2 aromatic carbocycles. The summed E-state index contributed by atoms with van der Waals surface area (Å²) in [6.07, 6.45) is -0.258. The summed E-state index contributed by atoms with van der Waals surface area (Å²) in [5.74, 6) is -1.01. The summed E-state index contributed by atoms with van der Waals surface area (Å²) in [7, 11) is 0. The lowest BCUT2D eigenvalue weighted by molar-refractivity contribution is -0.136. The van der Waals surface area contributed by atoms with Gasteiger partial charge >= 0.3 is 5.97 Å². The number of hydrogen-bond donors (Lipinski definition) is 2. The molecule has 0 aliphatic heterocycles. The van der Waals surface area contributed by atoms with E-state index in [1.54, 1.807) is 0 Å². The predicted octanol–water partition coefficient (Wildman–Crippen LogP) is 2.98. The van der Waals surface area contributed by atoms with Crippen molar-refractivity contribution in [2.45, 2.75) is 6.42 Å². The van der Waals surface area contributed by atoms with Gasteiger partial charge in [-0.2, -0.15) is 9.61 Å². The van der Waals surface area contributed by atoms with E-state index in [1.807, 2.05) is 60.7 Å². The molecule has 2 aromatic heterocycles. The molecule has 0 amide bonds. The van der Waals surface area contributed by atoms with E-state index < -0.39 is 5.97 Å². The van der Waals surface area contributed by atoms with Crippen molar-refractivity contribution in [3.05, 3.63) is 82.8 Å². The first kappa shape index (κ1) is 15.8. The van der Waals surface area contributed by atoms with Gasteiger partial charge in [-0.25, -0.2) is 0 Å². The van der Waals surface area contributed by atoms with E-state index in [9.17, 15) is 9.59 Å². The number of benzene rings is 2. The van der Waals surface area contributed by atoms with Crippen molar-refractivity contribution in [1.82, 2.24) is 14.6 Å². The molecule has 6 nitrogen and oxygen atoms in total. The molecular weight excluding hydrogens is 330 g/mol. The van der Waals surface area contributed by atoms with Crippen LogP contribution in [0.25, 0.3) is 28.0 Å². The third-order valence-electron chi connectivity index (χ3n) is 4.12. The highest BCUT2D eigenvalue weighted by molar-refractivity contribution is 5.90. The summed E-state index contributed by atoms with van der Waals surface area (Å²) in [5, 5.41) is 13.6. The van der Waals surface area contributed by atoms with Gasteiger partial charge in [0.2, 0.25) is 0 Å². The van der Waals surface area contributed by atoms with E-state index in [0.717, 1.165) is 16.7 Å². The average molecular weight is 345 g/mol. The Balaban J connectivity index is 2.07. The van der Waals surface area contributed by atoms with Gasteiger partial charge < -0.3 is 10.1 Å². The Morgan fingerprint density at radius 2 is 1.62 bits per heavy atom. The van der Waals surface area contributed by atoms with E-state index in [2.05, 4.69) is 10.1 Å². The minimum atomic E-state index is -1.01. The van der Waals surface area contributed by atoms with Crippen LogP contribution in [-0.4, -0.2) is 25.7 Å². The summed E-state index contributed by atoms with van der Waals surface area (Å²) in [4.78, 5) is 26.6. The number of hydrogen-bond acceptors (Lipinski definition) is 3. The lowest BCUT2D eigenvalue weighted by Crippen LogP contribution is -2.17. The molecule has 0 atom stereocenters. The van der Waals surface area contributed by atoms with Crippen LogP contribution in [-0.2, 0) is 11.2 Å². The van der Waals surface area contributed by atoms with Crippen molar-refractivity contribution in [2.75, 3.05) is 0 Å². The van der Waals surface area contributed by atoms with Crippen molar-refractivity contribution in [3.63, 3.8) is 0 Å². The highest BCUT2D eigenvalue weighted by Crippen LogP contribution is 2.33. The van der Waals surface area contributed by atoms with Crippen molar-refractivity contribution in [3.8, 4) is 22.4 Å². The Morgan fingerprint density at radius 3 is 2.23 bits per heavy atom. The molecule has 0 aliphatic rings. The second-order valence-electron chi connectivity index (χ2n) is 5.92. The lowest BCUT2D eigenvalue weighted by Gasteiger charge is -2.05. The number of carbonyl (C=O) groups is 1. The summed E-state index contributed by atoms with van der Waals surface area (Å²) >= 11 is 0. The summed E-state index contributed by atoms with van der Waals surface area (Å²) in [6, 6.07) is 20.5. The Kier molecular flexibility index (Phi) is 3.85. The summed E-state index contributed by atoms with van der Waals surface area (Å²) in [6.45, 7) is 0. The van der Waals surface area contributed by atoms with E-state index in [-0.39, 0.29) is 12.0 Å². The number of rotatable bonds is 4. The zero-order chi connectivity index (χ0) is 18.1. The van der Waals surface area contributed by atoms with E-state index in [0.29, 0.717) is 17.0 Å². The molecule has 6 heteroatoms. The van der Waals surface area contributed by atoms with Gasteiger partial charge in [0.25, 0.3) is 5.56 Å². The third-order valence-corrected chi connectivity index (χ3v) is 4.12. The average Bonchev–Trinajstić information content (AvgIpc) is 3.02. The summed E-state index contributed by atoms with van der Waals surface area (Å²) in [5.41, 5.74) is 3.66. The van der Waals surface area contributed by atoms with E-state index in [4.69, 9.17) is 5.11 Å². The number of fused-ring (bicyclic) bond motifs is 1. The van der Waals surface area contributed by atoms with Crippen LogP contribution in [0.5, 0.6) is 0 Å². The van der Waals surface area contributed by atoms with E-state index in [1.165, 1.54) is 10.6 Å². The molecule has 0 spiro atoms. The standard InChI is InChI=1S/C20H15N3O3/c24-16-11-15(12-17(25)26)21-20-18(13-7-3-1-4-8-13)19(22-23(16)20)14-9-5-2-6-10-14/h1-11,21H,12H2,(H,25,26). The zero-order valence-corrected chi connectivity index (χ0v) is 13.7. The maximum Gasteiger partial charge on any atom is 0.309 e. The van der Waals surface area contributed by atoms with Crippen LogP contribution in [0.3, 0.4) is 0 Å². The molecule has 128 valence electrons. The Labute approximate surface area is 148 Å². The van der Waals surface area contributed by atoms with Crippen LogP contribution in [0, 0.1) is 0 Å². The van der Waals surface area contributed by atoms with Crippen LogP contribution < -0.4 is 5.56 Å². The number of aliphatic carboxylic acids is 1. The number of aromatic nitrogens is 3. The monoisotopic (exact) mass is 345 g/mol. The first-order chi connectivity index (χ1) is 12.6. The highest BCUT2D eigenvalue weighted by atomic mass is 16.4. The fraction of sp³-hybridized carbons (Fsp3) is 0.0500. The molecule has 4 rings (SSSR count). The van der Waals surface area contributed by atoms with Gasteiger partial charge in [0.1, 0.15) is 11.3 Å². The number of aromatic amines is 1. The molecule has 0 bridgehead atoms. The smallest absolute Gasteiger partial charge is 0.309 e. The van der Waals surface area contributed by atoms with Crippen LogP contribution in [0.1, 0.15) is 5.69 Å². The molecule has 0 fully saturated rings. The number of nitrogens with zero attached hydrogens (tertiary/aromatic N) is 2. The molecular formula is C20H15N3O3. The summed E-state index contributed by atoms with van der Waals surface area (Å²) < 4.78 is 1.29. The quantitative estimate of drug-likeness (QED) is 0.595. The van der Waals surface area contributed by atoms with Gasteiger partial charge in [0.05, 0.1) is 12.0 Å². The molecule has 0 aliphatic carbocycles. The van der Waals surface area contributed by atoms with Crippen molar-refractivity contribution in [2.24, 2.45) is 0 Å². The van der Waals surface area contributed by atoms with Crippen LogP contribution in [0.15, 0.2) is 71.5 Å². The first-order valence-corrected chi connectivity index (χ1v) is 8.11. The van der Waals surface area contributed by atoms with Crippen molar-refractivity contribution in [1.29, 1.82) is 0 Å². The molecule has 4 aromatic rings. The molecule has 2 N–H and O–H groups in total. The number of H-pyrrole nitrogens is 1. The molecule has 0 unspecified atom stereocenters. The molecule has 26 heavy (non-hydrogen) atoms. The van der Waals surface area contributed by atoms with Crippen LogP contribution >= 0.6 is 0 Å². The van der Waals surface area contributed by atoms with Crippen LogP contribution in [0.4, 0.5) is 0 Å². The maximum absolute atomic E-state index is 12.5. The highest BCUT2D eigenvalue weighted by Gasteiger charge is 2.19. The fourth-order valence-electron chi connectivity index (χ4n) is 3.03. The minimum absolute atomic E-state index is 0.258. The van der Waals surface area contributed by atoms with E-state index >= 15 is 0 Å². The Hall–Kier alpha value is -3.67. The van der Waals surface area contributed by atoms with Crippen LogP contribution in [0.2, 0.25) is 0 Å². The maximum atomic E-state index is 12.5. The Bertz CT molecular complexity index is 1150. The number of nitrogens with one attached hydrogen (secondary N) is 1.